The number of benzene rings is 1. The van der Waals surface area contributed by atoms with Crippen LogP contribution in [0, 0.1) is 17.2 Å². The highest BCUT2D eigenvalue weighted by Gasteiger charge is 2.23. The number of nitrogens with zero attached hydrogens (tertiary/aromatic N) is 2. The molecule has 1 saturated carbocycles. The minimum Gasteiger partial charge on any atom is -0.341 e. The van der Waals surface area contributed by atoms with Gasteiger partial charge in [0.1, 0.15) is 12.6 Å². The molecule has 2 rings (SSSR count). The van der Waals surface area contributed by atoms with Crippen molar-refractivity contribution in [2.45, 2.75) is 49.5 Å². The van der Waals surface area contributed by atoms with Crippen LogP contribution in [0.3, 0.4) is 0 Å². The van der Waals surface area contributed by atoms with E-state index in [9.17, 15) is 13.2 Å². The third kappa shape index (κ3) is 6.15. The van der Waals surface area contributed by atoms with Gasteiger partial charge in [-0.3, -0.25) is 14.5 Å². The van der Waals surface area contributed by atoms with E-state index in [4.69, 9.17) is 5.26 Å². The van der Waals surface area contributed by atoms with Crippen LogP contribution in [0.5, 0.6) is 0 Å². The van der Waals surface area contributed by atoms with E-state index >= 15 is 0 Å². The highest BCUT2D eigenvalue weighted by atomic mass is 32.2. The summed E-state index contributed by atoms with van der Waals surface area (Å²) in [6.45, 7) is -0.0920. The van der Waals surface area contributed by atoms with Gasteiger partial charge in [-0.25, -0.2) is 8.42 Å². The average Bonchev–Trinajstić information content (AvgIpc) is 2.66. The van der Waals surface area contributed by atoms with Crippen LogP contribution in [0.15, 0.2) is 40.2 Å². The van der Waals surface area contributed by atoms with Crippen LogP contribution in [0.25, 0.3) is 0 Å². The zero-order valence-corrected chi connectivity index (χ0v) is 15.4. The van der Waals surface area contributed by atoms with E-state index in [1.54, 1.807) is 18.2 Å². The van der Waals surface area contributed by atoms with Gasteiger partial charge in [0.25, 0.3) is 10.0 Å². The van der Waals surface area contributed by atoms with Crippen LogP contribution >= 0.6 is 0 Å². The Kier molecular flexibility index (Phi) is 7.60. The number of hydrogen-bond acceptors (Lipinski definition) is 5. The molecule has 1 atom stereocenters. The molecule has 1 aliphatic rings. The van der Waals surface area contributed by atoms with E-state index < -0.39 is 16.1 Å². The molecule has 1 amide bonds. The summed E-state index contributed by atoms with van der Waals surface area (Å²) in [5.41, 5.74) is 0. The van der Waals surface area contributed by atoms with Gasteiger partial charge < -0.3 is 5.32 Å². The second kappa shape index (κ2) is 9.92. The number of aliphatic imine (C=N–C) groups is 1. The van der Waals surface area contributed by atoms with Crippen molar-refractivity contribution in [3.05, 3.63) is 30.3 Å². The number of nitriles is 1. The van der Waals surface area contributed by atoms with E-state index in [0.717, 1.165) is 32.0 Å². The highest BCUT2D eigenvalue weighted by molar-refractivity contribution is 7.90. The van der Waals surface area contributed by atoms with Crippen LogP contribution in [0.4, 0.5) is 0 Å². The van der Waals surface area contributed by atoms with Gasteiger partial charge in [-0.05, 0) is 24.5 Å². The van der Waals surface area contributed by atoms with Gasteiger partial charge in [-0.1, -0.05) is 50.3 Å². The zero-order valence-electron chi connectivity index (χ0n) is 14.6. The van der Waals surface area contributed by atoms with Gasteiger partial charge in [0, 0.05) is 0 Å². The van der Waals surface area contributed by atoms with E-state index in [-0.39, 0.29) is 17.3 Å². The number of carbonyl (C=O) groups excluding carboxylic acids is 1. The Balaban J connectivity index is 2.03. The van der Waals surface area contributed by atoms with Crippen molar-refractivity contribution in [3.8, 4) is 6.07 Å². The van der Waals surface area contributed by atoms with Gasteiger partial charge in [-0.2, -0.15) is 5.26 Å². The maximum atomic E-state index is 12.2. The topological polar surface area (TPSA) is 111 Å². The summed E-state index contributed by atoms with van der Waals surface area (Å²) in [5, 5.41) is 11.1. The second-order valence-corrected chi connectivity index (χ2v) is 8.06. The molecule has 7 nitrogen and oxygen atoms in total. The molecule has 2 N–H and O–H groups in total. The minimum atomic E-state index is -3.72. The van der Waals surface area contributed by atoms with Crippen LogP contribution in [0.1, 0.15) is 38.5 Å². The molecule has 1 fully saturated rings. The predicted molar refractivity (Wildman–Crippen MR) is 98.9 cm³/mol. The maximum Gasteiger partial charge on any atom is 0.262 e. The third-order valence-corrected chi connectivity index (χ3v) is 5.75. The molecule has 0 aromatic heterocycles. The lowest BCUT2D eigenvalue weighted by atomic mass is 9.85. The second-order valence-electron chi connectivity index (χ2n) is 6.34. The summed E-state index contributed by atoms with van der Waals surface area (Å²) in [6, 6.07) is 9.12. The van der Waals surface area contributed by atoms with Crippen molar-refractivity contribution in [2.75, 3.05) is 6.54 Å². The molecule has 1 aromatic carbocycles. The first-order valence-electron chi connectivity index (χ1n) is 8.76. The minimum absolute atomic E-state index is 0.0920. The van der Waals surface area contributed by atoms with Crippen LogP contribution in [-0.2, 0) is 14.8 Å². The molecule has 0 bridgehead atoms. The van der Waals surface area contributed by atoms with Crippen LogP contribution in [-0.4, -0.2) is 33.3 Å². The standard InChI is InChI=1S/C18H24N4O3S/c19-11-12-20-18(23)17(13-15-7-3-1-4-8-15)21-14-22-26(24,25)16-9-5-2-6-10-16/h2,5-6,9-10,14-15,17H,1,3-4,7-8,12-13H2,(H,20,23)(H,21,22)/t17-/m0/s1. The lowest BCUT2D eigenvalue weighted by molar-refractivity contribution is -0.122. The number of hydrogen-bond donors (Lipinski definition) is 2. The van der Waals surface area contributed by atoms with E-state index in [1.807, 2.05) is 6.07 Å². The Morgan fingerprint density at radius 1 is 1.27 bits per heavy atom. The van der Waals surface area contributed by atoms with Crippen molar-refractivity contribution < 1.29 is 13.2 Å². The van der Waals surface area contributed by atoms with Gasteiger partial charge >= 0.3 is 0 Å². The molecular weight excluding hydrogens is 352 g/mol. The molecule has 0 aliphatic heterocycles. The first kappa shape index (κ1) is 19.9. The Morgan fingerprint density at radius 2 is 1.96 bits per heavy atom. The van der Waals surface area contributed by atoms with Crippen molar-refractivity contribution in [2.24, 2.45) is 10.9 Å². The molecule has 0 heterocycles. The lowest BCUT2D eigenvalue weighted by Crippen LogP contribution is -2.36. The molecule has 1 aliphatic carbocycles. The molecular formula is C18H24N4O3S. The molecule has 8 heteroatoms. The zero-order chi connectivity index (χ0) is 18.8. The van der Waals surface area contributed by atoms with E-state index in [0.29, 0.717) is 12.3 Å². The van der Waals surface area contributed by atoms with Crippen molar-refractivity contribution in [1.29, 1.82) is 5.26 Å². The van der Waals surface area contributed by atoms with Crippen molar-refractivity contribution in [1.82, 2.24) is 10.0 Å². The number of nitrogens with one attached hydrogen (secondary N) is 2. The largest absolute Gasteiger partial charge is 0.341 e. The maximum absolute atomic E-state index is 12.2. The number of carbonyl (C=O) groups is 1. The van der Waals surface area contributed by atoms with E-state index in [1.165, 1.54) is 18.6 Å². The Hall–Kier alpha value is -2.40. The van der Waals surface area contributed by atoms with Gasteiger partial charge in [0.2, 0.25) is 5.91 Å². The van der Waals surface area contributed by atoms with Crippen LogP contribution < -0.4 is 10.0 Å². The Labute approximate surface area is 154 Å². The first-order chi connectivity index (χ1) is 12.5. The summed E-state index contributed by atoms with van der Waals surface area (Å²) in [4.78, 5) is 16.5. The monoisotopic (exact) mass is 376 g/mol. The molecule has 0 unspecified atom stereocenters. The fourth-order valence-electron chi connectivity index (χ4n) is 3.08. The summed E-state index contributed by atoms with van der Waals surface area (Å²) in [6.07, 6.45) is 7.22. The summed E-state index contributed by atoms with van der Waals surface area (Å²) >= 11 is 0. The summed E-state index contributed by atoms with van der Waals surface area (Å²) < 4.78 is 26.7. The molecule has 1 aromatic rings. The highest BCUT2D eigenvalue weighted by Crippen LogP contribution is 2.28. The molecule has 140 valence electrons. The fourth-order valence-corrected chi connectivity index (χ4v) is 3.93. The predicted octanol–water partition coefficient (Wildman–Crippen LogP) is 1.97. The average molecular weight is 376 g/mol. The SMILES string of the molecule is N#CCNC(=O)[C@H](CC1CCCCC1)N=CNS(=O)(=O)c1ccccc1. The van der Waals surface area contributed by atoms with Gasteiger partial charge in [0.15, 0.2) is 0 Å². The summed E-state index contributed by atoms with van der Waals surface area (Å²) in [7, 11) is -3.72. The number of sulfonamides is 1. The van der Waals surface area contributed by atoms with Gasteiger partial charge in [0.05, 0.1) is 17.3 Å². The summed E-state index contributed by atoms with van der Waals surface area (Å²) in [5.74, 6) is 0.0387. The molecule has 0 spiro atoms. The van der Waals surface area contributed by atoms with Gasteiger partial charge in [-0.15, -0.1) is 0 Å². The molecule has 26 heavy (non-hydrogen) atoms. The first-order valence-corrected chi connectivity index (χ1v) is 10.2. The Morgan fingerprint density at radius 3 is 2.62 bits per heavy atom. The quantitative estimate of drug-likeness (QED) is 0.410. The fraction of sp³-hybridized carbons (Fsp3) is 0.500. The smallest absolute Gasteiger partial charge is 0.262 e. The lowest BCUT2D eigenvalue weighted by Gasteiger charge is -2.24. The van der Waals surface area contributed by atoms with E-state index in [2.05, 4.69) is 15.0 Å². The molecule has 0 radical (unpaired) electrons. The molecule has 0 saturated heterocycles. The number of amides is 1. The normalized spacial score (nSPS) is 16.7. The van der Waals surface area contributed by atoms with Crippen LogP contribution in [0.2, 0.25) is 0 Å². The Bertz CT molecular complexity index is 750. The van der Waals surface area contributed by atoms with Crippen molar-refractivity contribution >= 4 is 22.3 Å². The number of rotatable bonds is 8. The third-order valence-electron chi connectivity index (χ3n) is 4.44. The van der Waals surface area contributed by atoms with Crippen molar-refractivity contribution in [3.63, 3.8) is 0 Å².